The van der Waals surface area contributed by atoms with E-state index in [4.69, 9.17) is 23.2 Å². The number of carbonyl (C=O) groups excluding carboxylic acids is 1. The first-order valence-electron chi connectivity index (χ1n) is 11.2. The Morgan fingerprint density at radius 3 is 2.54 bits per heavy atom. The van der Waals surface area contributed by atoms with E-state index in [9.17, 15) is 4.79 Å². The summed E-state index contributed by atoms with van der Waals surface area (Å²) >= 11 is 12.6. The van der Waals surface area contributed by atoms with E-state index >= 15 is 0 Å². The molecule has 2 aromatic heterocycles. The molecular weight excluding hydrogens is 511 g/mol. The summed E-state index contributed by atoms with van der Waals surface area (Å²) in [5.74, 6) is 0.201. The van der Waals surface area contributed by atoms with Gasteiger partial charge in [0.05, 0.1) is 29.7 Å². The number of nitrogens with zero attached hydrogens (tertiary/aromatic N) is 7. The molecule has 184 valence electrons. The van der Waals surface area contributed by atoms with Crippen molar-refractivity contribution in [2.45, 2.75) is 13.5 Å². The molecule has 5 aromatic rings. The third kappa shape index (κ3) is 5.58. The maximum absolute atomic E-state index is 12.6. The van der Waals surface area contributed by atoms with E-state index in [0.717, 1.165) is 16.8 Å². The Morgan fingerprint density at radius 1 is 1.00 bits per heavy atom. The predicted octanol–water partition coefficient (Wildman–Crippen LogP) is 4.95. The van der Waals surface area contributed by atoms with Crippen LogP contribution in [0, 0.1) is 6.92 Å². The largest absolute Gasteiger partial charge is 0.271 e. The van der Waals surface area contributed by atoms with Crippen LogP contribution in [0.1, 0.15) is 27.2 Å². The summed E-state index contributed by atoms with van der Waals surface area (Å²) in [7, 11) is 0. The molecule has 0 radical (unpaired) electrons. The van der Waals surface area contributed by atoms with Crippen LogP contribution in [0.25, 0.3) is 17.1 Å². The number of amides is 1. The molecule has 0 aliphatic carbocycles. The van der Waals surface area contributed by atoms with Crippen LogP contribution in [-0.2, 0) is 6.54 Å². The fourth-order valence-electron chi connectivity index (χ4n) is 3.59. The average Bonchev–Trinajstić information content (AvgIpc) is 3.49. The van der Waals surface area contributed by atoms with Crippen molar-refractivity contribution in [2.75, 3.05) is 0 Å². The summed E-state index contributed by atoms with van der Waals surface area (Å²) < 4.78 is 1.57. The summed E-state index contributed by atoms with van der Waals surface area (Å²) in [5.41, 5.74) is 6.77. The van der Waals surface area contributed by atoms with Gasteiger partial charge in [-0.3, -0.25) is 4.79 Å². The summed E-state index contributed by atoms with van der Waals surface area (Å²) in [4.78, 5) is 14.1. The van der Waals surface area contributed by atoms with Crippen LogP contribution in [0.15, 0.2) is 84.0 Å². The summed E-state index contributed by atoms with van der Waals surface area (Å²) in [6.07, 6.45) is 1.47. The zero-order valence-corrected chi connectivity index (χ0v) is 21.1. The molecule has 0 aliphatic heterocycles. The minimum absolute atomic E-state index is 0.357. The fraction of sp³-hybridized carbons (Fsp3) is 0.0769. The zero-order chi connectivity index (χ0) is 25.8. The Morgan fingerprint density at radius 2 is 1.78 bits per heavy atom. The van der Waals surface area contributed by atoms with Gasteiger partial charge in [0.25, 0.3) is 5.91 Å². The third-order valence-corrected chi connectivity index (χ3v) is 6.08. The van der Waals surface area contributed by atoms with Gasteiger partial charge in [-0.2, -0.15) is 15.0 Å². The van der Waals surface area contributed by atoms with E-state index < -0.39 is 0 Å². The van der Waals surface area contributed by atoms with Crippen molar-refractivity contribution in [3.63, 3.8) is 0 Å². The van der Waals surface area contributed by atoms with Crippen molar-refractivity contribution in [3.05, 3.63) is 111 Å². The van der Waals surface area contributed by atoms with E-state index in [1.807, 2.05) is 61.5 Å². The van der Waals surface area contributed by atoms with Gasteiger partial charge in [-0.1, -0.05) is 71.7 Å². The number of nitrogens with one attached hydrogen (secondary N) is 1. The number of aromatic nitrogens is 6. The highest BCUT2D eigenvalue weighted by Crippen LogP contribution is 2.23. The molecule has 1 amide bonds. The standard InChI is InChI=1S/C26H20Cl2N8O/c1-17-23(24(28)36(32-17)22-9-5-8-21(27)14-22)15-29-31-26(37)20-12-10-18(11-13-20)16-35-33-25(30-34-35)19-6-3-2-4-7-19/h2-15H,16H2,1H3,(H,31,37)/b29-15+. The number of aryl methyl sites for hydroxylation is 1. The van der Waals surface area contributed by atoms with Gasteiger partial charge < -0.3 is 0 Å². The molecule has 37 heavy (non-hydrogen) atoms. The topological polar surface area (TPSA) is 103 Å². The number of tetrazole rings is 1. The average molecular weight is 531 g/mol. The second-order valence-electron chi connectivity index (χ2n) is 8.09. The predicted molar refractivity (Wildman–Crippen MR) is 142 cm³/mol. The Hall–Kier alpha value is -4.34. The van der Waals surface area contributed by atoms with Crippen molar-refractivity contribution in [3.8, 4) is 17.1 Å². The smallest absolute Gasteiger partial charge is 0.267 e. The normalized spacial score (nSPS) is 11.2. The molecule has 9 nitrogen and oxygen atoms in total. The van der Waals surface area contributed by atoms with Gasteiger partial charge in [-0.05, 0) is 48.0 Å². The van der Waals surface area contributed by atoms with Crippen LogP contribution in [-0.4, -0.2) is 42.1 Å². The molecule has 0 spiro atoms. The minimum atomic E-state index is -0.357. The van der Waals surface area contributed by atoms with Gasteiger partial charge in [-0.25, -0.2) is 10.1 Å². The first kappa shape index (κ1) is 24.4. The quantitative estimate of drug-likeness (QED) is 0.237. The Balaban J connectivity index is 1.22. The number of hydrogen-bond donors (Lipinski definition) is 1. The zero-order valence-electron chi connectivity index (χ0n) is 19.6. The maximum atomic E-state index is 12.6. The van der Waals surface area contributed by atoms with Crippen LogP contribution in [0.3, 0.4) is 0 Å². The second kappa shape index (κ2) is 10.7. The molecule has 5 rings (SSSR count). The maximum Gasteiger partial charge on any atom is 0.271 e. The van der Waals surface area contributed by atoms with Gasteiger partial charge in [0.15, 0.2) is 0 Å². The van der Waals surface area contributed by atoms with Crippen molar-refractivity contribution in [1.82, 2.24) is 35.4 Å². The summed E-state index contributed by atoms with van der Waals surface area (Å²) in [6.45, 7) is 2.23. The number of hydrogen-bond acceptors (Lipinski definition) is 6. The molecule has 0 unspecified atom stereocenters. The van der Waals surface area contributed by atoms with Gasteiger partial charge in [0.2, 0.25) is 5.82 Å². The highest BCUT2D eigenvalue weighted by molar-refractivity contribution is 6.32. The van der Waals surface area contributed by atoms with E-state index in [0.29, 0.717) is 39.4 Å². The van der Waals surface area contributed by atoms with Crippen LogP contribution in [0.4, 0.5) is 0 Å². The highest BCUT2D eigenvalue weighted by Gasteiger charge is 2.14. The Labute approximate surface area is 222 Å². The molecular formula is C26H20Cl2N8O. The van der Waals surface area contributed by atoms with Crippen molar-refractivity contribution < 1.29 is 4.79 Å². The molecule has 2 heterocycles. The SMILES string of the molecule is Cc1nn(-c2cccc(Cl)c2)c(Cl)c1/C=N/NC(=O)c1ccc(Cn2nnc(-c3ccccc3)n2)cc1. The third-order valence-electron chi connectivity index (χ3n) is 5.49. The number of halogens is 2. The van der Waals surface area contributed by atoms with Gasteiger partial charge in [0, 0.05) is 16.1 Å². The Bertz CT molecular complexity index is 1580. The van der Waals surface area contributed by atoms with Crippen LogP contribution >= 0.6 is 23.2 Å². The molecule has 0 saturated heterocycles. The van der Waals surface area contributed by atoms with E-state index in [2.05, 4.69) is 31.0 Å². The van der Waals surface area contributed by atoms with Gasteiger partial charge >= 0.3 is 0 Å². The molecule has 0 saturated carbocycles. The minimum Gasteiger partial charge on any atom is -0.267 e. The summed E-state index contributed by atoms with van der Waals surface area (Å²) in [6, 6.07) is 23.9. The second-order valence-corrected chi connectivity index (χ2v) is 8.88. The number of carbonyl (C=O) groups is 1. The number of rotatable bonds is 7. The first-order chi connectivity index (χ1) is 18.0. The summed E-state index contributed by atoms with van der Waals surface area (Å²) in [5, 5.41) is 22.1. The molecule has 0 fully saturated rings. The van der Waals surface area contributed by atoms with Crippen LogP contribution in [0.2, 0.25) is 10.2 Å². The highest BCUT2D eigenvalue weighted by atomic mass is 35.5. The van der Waals surface area contributed by atoms with Gasteiger partial charge in [-0.15, -0.1) is 10.2 Å². The lowest BCUT2D eigenvalue weighted by molar-refractivity contribution is 0.0955. The lowest BCUT2D eigenvalue weighted by atomic mass is 10.1. The van der Waals surface area contributed by atoms with Crippen molar-refractivity contribution in [2.24, 2.45) is 5.10 Å². The van der Waals surface area contributed by atoms with Crippen molar-refractivity contribution in [1.29, 1.82) is 0 Å². The van der Waals surface area contributed by atoms with Crippen LogP contribution < -0.4 is 5.43 Å². The monoisotopic (exact) mass is 530 g/mol. The molecule has 11 heteroatoms. The molecule has 3 aromatic carbocycles. The number of benzene rings is 3. The number of hydrazone groups is 1. The molecule has 0 atom stereocenters. The lowest BCUT2D eigenvalue weighted by Gasteiger charge is -2.03. The van der Waals surface area contributed by atoms with E-state index in [1.165, 1.54) is 11.0 Å². The molecule has 0 aliphatic rings. The van der Waals surface area contributed by atoms with Crippen molar-refractivity contribution >= 4 is 35.3 Å². The van der Waals surface area contributed by atoms with E-state index in [1.54, 1.807) is 28.9 Å². The van der Waals surface area contributed by atoms with Gasteiger partial charge in [0.1, 0.15) is 5.15 Å². The lowest BCUT2D eigenvalue weighted by Crippen LogP contribution is -2.17. The fourth-order valence-corrected chi connectivity index (χ4v) is 4.10. The Kier molecular flexibility index (Phi) is 7.07. The van der Waals surface area contributed by atoms with E-state index in [-0.39, 0.29) is 5.91 Å². The molecule has 0 bridgehead atoms. The molecule has 1 N–H and O–H groups in total. The van der Waals surface area contributed by atoms with Crippen LogP contribution in [0.5, 0.6) is 0 Å². The first-order valence-corrected chi connectivity index (χ1v) is 12.0.